The number of H-pyrrole nitrogens is 2. The monoisotopic (exact) mass is 943 g/mol. The molecule has 0 spiro atoms. The standard InChI is InChI=1S/2C15H18.C13H17N.C10H14.C8H14N2.C3H9N3/c1-15(2,3)11-13-9-6-8-12-7-4-5-10-14(12)13;1-15(2,3)11-12-8-9-13-6-4-5-7-14(13)10-12;1-13(2,3)8-10-9-14-12-7-5-4-6-11(10)12;1-9(2)8-10-6-4-3-5-7-10;1-8(2,3)4-7-5-9-6-10-7;1-2-6-3(4)5/h2*4-10H,11H2,1-3H3;4-7,9,14H,8H2,1-3H3;3-7,9H,8H2,1-2H3;5-6H,4H2,1-3H3,(H,9,10);2H2,1H3,(H4,4,5,6). The molecular formula is C64H90N6. The Morgan fingerprint density at radius 3 is 1.59 bits per heavy atom. The van der Waals surface area contributed by atoms with Crippen LogP contribution in [0.15, 0.2) is 163 Å². The molecule has 8 rings (SSSR count). The number of aliphatic imine (C=N–C) groups is 1. The Morgan fingerprint density at radius 1 is 0.514 bits per heavy atom. The van der Waals surface area contributed by atoms with E-state index in [9.17, 15) is 0 Å². The predicted molar refractivity (Wildman–Crippen MR) is 309 cm³/mol. The average Bonchev–Trinajstić information content (AvgIpc) is 3.92. The molecule has 0 radical (unpaired) electrons. The molecule has 0 bridgehead atoms. The van der Waals surface area contributed by atoms with Crippen molar-refractivity contribution in [3.8, 4) is 0 Å². The first kappa shape index (κ1) is 58.2. The van der Waals surface area contributed by atoms with Crippen LogP contribution < -0.4 is 11.5 Å². The van der Waals surface area contributed by atoms with Crippen LogP contribution in [-0.4, -0.2) is 27.5 Å². The van der Waals surface area contributed by atoms with E-state index >= 15 is 0 Å². The van der Waals surface area contributed by atoms with Gasteiger partial charge in [0.2, 0.25) is 0 Å². The highest BCUT2D eigenvalue weighted by Gasteiger charge is 2.15. The van der Waals surface area contributed by atoms with E-state index in [4.69, 9.17) is 11.5 Å². The van der Waals surface area contributed by atoms with Gasteiger partial charge in [0.05, 0.1) is 6.33 Å². The van der Waals surface area contributed by atoms with Crippen LogP contribution in [0.25, 0.3) is 32.4 Å². The molecule has 8 aromatic rings. The third-order valence-electron chi connectivity index (χ3n) is 10.6. The average molecular weight is 943 g/mol. The second kappa shape index (κ2) is 27.9. The van der Waals surface area contributed by atoms with Gasteiger partial charge in [0.1, 0.15) is 0 Å². The van der Waals surface area contributed by atoms with Crippen molar-refractivity contribution < 1.29 is 0 Å². The molecular weight excluding hydrogens is 853 g/mol. The largest absolute Gasteiger partial charge is 0.370 e. The fourth-order valence-corrected chi connectivity index (χ4v) is 8.05. The minimum absolute atomic E-state index is 0.164. The summed E-state index contributed by atoms with van der Waals surface area (Å²) in [6.45, 7) is 34.2. The molecule has 0 atom stereocenters. The summed E-state index contributed by atoms with van der Waals surface area (Å²) < 4.78 is 0. The molecule has 6 heteroatoms. The Balaban J connectivity index is 0.000000227. The van der Waals surface area contributed by atoms with Gasteiger partial charge in [-0.1, -0.05) is 230 Å². The Hall–Kier alpha value is -6.14. The summed E-state index contributed by atoms with van der Waals surface area (Å²) in [6, 6.07) is 49.6. The molecule has 0 aliphatic carbocycles. The van der Waals surface area contributed by atoms with Gasteiger partial charge in [-0.15, -0.1) is 0 Å². The summed E-state index contributed by atoms with van der Waals surface area (Å²) in [5, 5.41) is 6.78. The molecule has 6 nitrogen and oxygen atoms in total. The van der Waals surface area contributed by atoms with Crippen molar-refractivity contribution in [2.45, 2.75) is 136 Å². The van der Waals surface area contributed by atoms with Crippen molar-refractivity contribution in [1.29, 1.82) is 0 Å². The maximum absolute atomic E-state index is 4.93. The summed E-state index contributed by atoms with van der Waals surface area (Å²) in [5.41, 5.74) is 19.5. The van der Waals surface area contributed by atoms with Crippen molar-refractivity contribution in [2.75, 3.05) is 6.54 Å². The molecule has 0 saturated heterocycles. The van der Waals surface area contributed by atoms with Crippen LogP contribution >= 0.6 is 0 Å². The highest BCUT2D eigenvalue weighted by molar-refractivity contribution is 5.86. The lowest BCUT2D eigenvalue weighted by molar-refractivity contribution is 0.407. The van der Waals surface area contributed by atoms with Crippen molar-refractivity contribution in [3.05, 3.63) is 186 Å². The first-order chi connectivity index (χ1) is 32.8. The molecule has 0 fully saturated rings. The van der Waals surface area contributed by atoms with Gasteiger partial charge in [-0.2, -0.15) is 0 Å². The summed E-state index contributed by atoms with van der Waals surface area (Å²) in [5.74, 6) is 0.930. The molecule has 0 unspecified atom stereocenters. The first-order valence-electron chi connectivity index (χ1n) is 25.4. The number of nitrogens with two attached hydrogens (primary N) is 2. The minimum Gasteiger partial charge on any atom is -0.370 e. The van der Waals surface area contributed by atoms with Gasteiger partial charge in [-0.25, -0.2) is 4.98 Å². The van der Waals surface area contributed by atoms with E-state index in [0.29, 0.717) is 28.2 Å². The van der Waals surface area contributed by atoms with Crippen LogP contribution in [0.5, 0.6) is 0 Å². The Bertz CT molecular complexity index is 2680. The van der Waals surface area contributed by atoms with Crippen molar-refractivity contribution in [2.24, 2.45) is 44.0 Å². The van der Waals surface area contributed by atoms with Crippen molar-refractivity contribution in [3.63, 3.8) is 0 Å². The van der Waals surface area contributed by atoms with Crippen molar-refractivity contribution in [1.82, 2.24) is 15.0 Å². The van der Waals surface area contributed by atoms with Gasteiger partial charge in [0.15, 0.2) is 5.96 Å². The number of rotatable bonds is 7. The lowest BCUT2D eigenvalue weighted by Crippen LogP contribution is -2.22. The normalized spacial score (nSPS) is 11.4. The fraction of sp³-hybridized carbons (Fsp3) is 0.406. The summed E-state index contributed by atoms with van der Waals surface area (Å²) in [7, 11) is 0. The number of nitrogens with one attached hydrogen (secondary N) is 2. The molecule has 0 saturated carbocycles. The topological polar surface area (TPSA) is 109 Å². The molecule has 0 aliphatic heterocycles. The SMILES string of the molecule is CC(C)(C)Cc1c[nH]c2ccccc12.CC(C)(C)Cc1ccc2ccccc2c1.CC(C)(C)Cc1cccc2ccccc12.CC(C)(C)Cc1cnc[nH]1.CC(C)Cc1ccccc1.CCN=C(N)N. The molecule has 376 valence electrons. The highest BCUT2D eigenvalue weighted by atomic mass is 15.0. The number of hydrogen-bond donors (Lipinski definition) is 4. The van der Waals surface area contributed by atoms with Crippen LogP contribution in [0.3, 0.4) is 0 Å². The van der Waals surface area contributed by atoms with Gasteiger partial charge in [-0.3, -0.25) is 4.99 Å². The zero-order valence-electron chi connectivity index (χ0n) is 45.9. The Kier molecular flexibility index (Phi) is 23.2. The highest BCUT2D eigenvalue weighted by Crippen LogP contribution is 2.28. The molecule has 6 aromatic carbocycles. The van der Waals surface area contributed by atoms with Gasteiger partial charge in [-0.05, 0) is 116 Å². The number of aromatic amines is 2. The number of fused-ring (bicyclic) bond motifs is 3. The quantitative estimate of drug-likeness (QED) is 0.0944. The maximum atomic E-state index is 4.93. The predicted octanol–water partition coefficient (Wildman–Crippen LogP) is 16.8. The molecule has 2 heterocycles. The third kappa shape index (κ3) is 24.4. The number of imidazole rings is 1. The lowest BCUT2D eigenvalue weighted by Gasteiger charge is -2.19. The Morgan fingerprint density at radius 2 is 1.04 bits per heavy atom. The zero-order chi connectivity index (χ0) is 52.0. The van der Waals surface area contributed by atoms with Crippen LogP contribution in [0.4, 0.5) is 0 Å². The lowest BCUT2D eigenvalue weighted by atomic mass is 9.86. The number of aromatic nitrogens is 3. The van der Waals surface area contributed by atoms with Gasteiger partial charge >= 0.3 is 0 Å². The van der Waals surface area contributed by atoms with Crippen LogP contribution in [-0.2, 0) is 32.1 Å². The fourth-order valence-electron chi connectivity index (χ4n) is 8.05. The summed E-state index contributed by atoms with van der Waals surface area (Å²) in [4.78, 5) is 13.9. The number of nitrogens with zero attached hydrogens (tertiary/aromatic N) is 2. The molecule has 0 amide bonds. The second-order valence-corrected chi connectivity index (χ2v) is 23.7. The van der Waals surface area contributed by atoms with E-state index < -0.39 is 0 Å². The number of benzene rings is 6. The second-order valence-electron chi connectivity index (χ2n) is 23.7. The van der Waals surface area contributed by atoms with Crippen molar-refractivity contribution >= 4 is 38.4 Å². The smallest absolute Gasteiger partial charge is 0.185 e. The molecule has 70 heavy (non-hydrogen) atoms. The first-order valence-corrected chi connectivity index (χ1v) is 25.4. The van der Waals surface area contributed by atoms with Gasteiger partial charge in [0, 0.05) is 35.5 Å². The maximum Gasteiger partial charge on any atom is 0.185 e. The Labute approximate surface area is 424 Å². The number of hydrogen-bond acceptors (Lipinski definition) is 2. The van der Waals surface area contributed by atoms with E-state index in [1.807, 2.05) is 13.1 Å². The summed E-state index contributed by atoms with van der Waals surface area (Å²) in [6.07, 6.45) is 11.4. The van der Waals surface area contributed by atoms with Crippen LogP contribution in [0.1, 0.15) is 132 Å². The third-order valence-corrected chi connectivity index (χ3v) is 10.6. The van der Waals surface area contributed by atoms with Gasteiger partial charge in [0.25, 0.3) is 0 Å². The van der Waals surface area contributed by atoms with Gasteiger partial charge < -0.3 is 21.4 Å². The van der Waals surface area contributed by atoms with Crippen LogP contribution in [0.2, 0.25) is 0 Å². The molecule has 6 N–H and O–H groups in total. The number of guanidine groups is 1. The van der Waals surface area contributed by atoms with E-state index in [0.717, 1.165) is 31.6 Å². The van der Waals surface area contributed by atoms with E-state index in [1.165, 1.54) is 66.8 Å². The molecule has 2 aromatic heterocycles. The van der Waals surface area contributed by atoms with E-state index in [2.05, 4.69) is 263 Å². The summed E-state index contributed by atoms with van der Waals surface area (Å²) >= 11 is 0. The minimum atomic E-state index is 0.164. The van der Waals surface area contributed by atoms with E-state index in [-0.39, 0.29) is 5.96 Å². The van der Waals surface area contributed by atoms with E-state index in [1.54, 1.807) is 6.33 Å². The number of para-hydroxylation sites is 1. The zero-order valence-corrected chi connectivity index (χ0v) is 45.9. The van der Waals surface area contributed by atoms with Crippen LogP contribution in [0, 0.1) is 27.6 Å². The molecule has 0 aliphatic rings.